The summed E-state index contributed by atoms with van der Waals surface area (Å²) >= 11 is 0. The van der Waals surface area contributed by atoms with Crippen molar-refractivity contribution in [3.8, 4) is 5.75 Å². The quantitative estimate of drug-likeness (QED) is 0.756. The predicted molar refractivity (Wildman–Crippen MR) is 45.7 cm³/mol. The van der Waals surface area contributed by atoms with Gasteiger partial charge in [-0.05, 0) is 17.7 Å². The number of hydrogen-bond acceptors (Lipinski definition) is 2. The second-order valence-electron chi connectivity index (χ2n) is 3.14. The molecule has 2 nitrogen and oxygen atoms in total. The zero-order valence-electron chi connectivity index (χ0n) is 7.55. The van der Waals surface area contributed by atoms with Crippen LogP contribution in [0.25, 0.3) is 0 Å². The van der Waals surface area contributed by atoms with Crippen molar-refractivity contribution >= 4 is 0 Å². The lowest BCUT2D eigenvalue weighted by atomic mass is 10.0. The van der Waals surface area contributed by atoms with Crippen LogP contribution in [0.5, 0.6) is 5.75 Å². The minimum atomic E-state index is -4.40. The maximum absolute atomic E-state index is 12.8. The Hall–Kier alpha value is -1.30. The summed E-state index contributed by atoms with van der Waals surface area (Å²) in [7, 11) is 0. The van der Waals surface area contributed by atoms with E-state index >= 15 is 0 Å². The summed E-state index contributed by atoms with van der Waals surface area (Å²) in [5.74, 6) is -1.59. The molecule has 0 aliphatic carbocycles. The molecule has 0 aliphatic rings. The van der Waals surface area contributed by atoms with Crippen LogP contribution in [0.1, 0.15) is 18.0 Å². The van der Waals surface area contributed by atoms with Crippen molar-refractivity contribution in [3.05, 3.63) is 29.6 Å². The third-order valence-corrected chi connectivity index (χ3v) is 1.85. The van der Waals surface area contributed by atoms with Crippen molar-refractivity contribution in [2.75, 3.05) is 0 Å². The van der Waals surface area contributed by atoms with E-state index in [-0.39, 0.29) is 5.56 Å². The molecule has 0 spiro atoms. The van der Waals surface area contributed by atoms with E-state index in [4.69, 9.17) is 10.8 Å². The Labute approximate surface area is 83.3 Å². The third kappa shape index (κ3) is 3.39. The Morgan fingerprint density at radius 1 is 1.33 bits per heavy atom. The summed E-state index contributed by atoms with van der Waals surface area (Å²) in [6, 6.07) is 1.61. The van der Waals surface area contributed by atoms with Gasteiger partial charge in [0.1, 0.15) is 0 Å². The highest BCUT2D eigenvalue weighted by atomic mass is 19.4. The molecular weight excluding hydrogens is 214 g/mol. The summed E-state index contributed by atoms with van der Waals surface area (Å²) in [6.07, 6.45) is -5.62. The highest BCUT2D eigenvalue weighted by Gasteiger charge is 2.31. The van der Waals surface area contributed by atoms with Crippen molar-refractivity contribution in [1.29, 1.82) is 0 Å². The first-order valence-corrected chi connectivity index (χ1v) is 4.10. The van der Waals surface area contributed by atoms with Gasteiger partial charge in [0.25, 0.3) is 0 Å². The number of halogens is 4. The number of aromatic hydroxyl groups is 1. The molecular formula is C9H9F4NO. The topological polar surface area (TPSA) is 46.2 Å². The standard InChI is InChI=1S/C9H9F4NO/c10-6-3-5(1-2-8(6)15)7(14)4-9(11,12)13/h1-3,7,15H,4,14H2/t7-/m1/s1. The summed E-state index contributed by atoms with van der Waals surface area (Å²) < 4.78 is 48.6. The average Bonchev–Trinajstić information content (AvgIpc) is 2.06. The number of alkyl halides is 3. The molecule has 0 bridgehead atoms. The van der Waals surface area contributed by atoms with Gasteiger partial charge in [-0.25, -0.2) is 4.39 Å². The second kappa shape index (κ2) is 4.06. The Morgan fingerprint density at radius 3 is 2.40 bits per heavy atom. The summed E-state index contributed by atoms with van der Waals surface area (Å²) in [5.41, 5.74) is 5.23. The molecule has 6 heteroatoms. The number of rotatable bonds is 2. The smallest absolute Gasteiger partial charge is 0.390 e. The van der Waals surface area contributed by atoms with Crippen LogP contribution in [-0.4, -0.2) is 11.3 Å². The predicted octanol–water partition coefficient (Wildman–Crippen LogP) is 2.48. The molecule has 15 heavy (non-hydrogen) atoms. The molecule has 0 radical (unpaired) electrons. The van der Waals surface area contributed by atoms with Gasteiger partial charge in [-0.3, -0.25) is 0 Å². The normalized spacial score (nSPS) is 13.9. The van der Waals surface area contributed by atoms with Crippen molar-refractivity contribution in [2.24, 2.45) is 5.73 Å². The third-order valence-electron chi connectivity index (χ3n) is 1.85. The van der Waals surface area contributed by atoms with Crippen molar-refractivity contribution < 1.29 is 22.7 Å². The van der Waals surface area contributed by atoms with Crippen LogP contribution < -0.4 is 5.73 Å². The number of nitrogens with two attached hydrogens (primary N) is 1. The fraction of sp³-hybridized carbons (Fsp3) is 0.333. The van der Waals surface area contributed by atoms with E-state index in [1.165, 1.54) is 0 Å². The monoisotopic (exact) mass is 223 g/mol. The zero-order chi connectivity index (χ0) is 11.6. The molecule has 3 N–H and O–H groups in total. The average molecular weight is 223 g/mol. The van der Waals surface area contributed by atoms with E-state index in [0.717, 1.165) is 18.2 Å². The van der Waals surface area contributed by atoms with Gasteiger partial charge in [-0.1, -0.05) is 6.07 Å². The number of benzene rings is 1. The molecule has 0 fully saturated rings. The van der Waals surface area contributed by atoms with Crippen LogP contribution in [-0.2, 0) is 0 Å². The molecule has 1 rings (SSSR count). The van der Waals surface area contributed by atoms with Gasteiger partial charge < -0.3 is 10.8 Å². The second-order valence-corrected chi connectivity index (χ2v) is 3.14. The van der Waals surface area contributed by atoms with E-state index in [9.17, 15) is 17.6 Å². The Morgan fingerprint density at radius 2 is 1.93 bits per heavy atom. The van der Waals surface area contributed by atoms with Gasteiger partial charge in [0.15, 0.2) is 11.6 Å². The lowest BCUT2D eigenvalue weighted by Gasteiger charge is -2.14. The molecule has 84 valence electrons. The van der Waals surface area contributed by atoms with Crippen LogP contribution >= 0.6 is 0 Å². The number of phenols is 1. The van der Waals surface area contributed by atoms with E-state index in [0.29, 0.717) is 0 Å². The number of hydrogen-bond donors (Lipinski definition) is 2. The van der Waals surface area contributed by atoms with Crippen LogP contribution in [0, 0.1) is 5.82 Å². The molecule has 0 aliphatic heterocycles. The van der Waals surface area contributed by atoms with Crippen LogP contribution in [0.4, 0.5) is 17.6 Å². The van der Waals surface area contributed by atoms with E-state index < -0.39 is 30.2 Å². The first kappa shape index (κ1) is 11.8. The fourth-order valence-corrected chi connectivity index (χ4v) is 1.12. The molecule has 1 aromatic carbocycles. The van der Waals surface area contributed by atoms with Gasteiger partial charge in [-0.2, -0.15) is 13.2 Å². The van der Waals surface area contributed by atoms with E-state index in [1.54, 1.807) is 0 Å². The Bertz CT molecular complexity index is 350. The summed E-state index contributed by atoms with van der Waals surface area (Å²) in [6.45, 7) is 0. The van der Waals surface area contributed by atoms with Gasteiger partial charge in [0, 0.05) is 6.04 Å². The molecule has 0 amide bonds. The van der Waals surface area contributed by atoms with E-state index in [2.05, 4.69) is 0 Å². The zero-order valence-corrected chi connectivity index (χ0v) is 7.55. The van der Waals surface area contributed by atoms with Crippen LogP contribution in [0.3, 0.4) is 0 Å². The molecule has 0 saturated heterocycles. The Balaban J connectivity index is 2.83. The van der Waals surface area contributed by atoms with Crippen molar-refractivity contribution in [1.82, 2.24) is 0 Å². The molecule has 1 atom stereocenters. The minimum Gasteiger partial charge on any atom is -0.505 e. The lowest BCUT2D eigenvalue weighted by molar-refractivity contribution is -0.138. The van der Waals surface area contributed by atoms with Crippen molar-refractivity contribution in [3.63, 3.8) is 0 Å². The van der Waals surface area contributed by atoms with Gasteiger partial charge in [-0.15, -0.1) is 0 Å². The molecule has 1 aromatic rings. The molecule has 0 saturated carbocycles. The summed E-state index contributed by atoms with van der Waals surface area (Å²) in [4.78, 5) is 0. The molecule has 0 aromatic heterocycles. The highest BCUT2D eigenvalue weighted by molar-refractivity contribution is 5.29. The highest BCUT2D eigenvalue weighted by Crippen LogP contribution is 2.29. The van der Waals surface area contributed by atoms with E-state index in [1.807, 2.05) is 0 Å². The lowest BCUT2D eigenvalue weighted by Crippen LogP contribution is -2.20. The molecule has 0 unspecified atom stereocenters. The first-order valence-electron chi connectivity index (χ1n) is 4.10. The maximum atomic E-state index is 12.8. The molecule has 0 heterocycles. The first-order chi connectivity index (χ1) is 6.79. The SMILES string of the molecule is N[C@H](CC(F)(F)F)c1ccc(O)c(F)c1. The fourth-order valence-electron chi connectivity index (χ4n) is 1.12. The van der Waals surface area contributed by atoms with Gasteiger partial charge in [0.05, 0.1) is 6.42 Å². The largest absolute Gasteiger partial charge is 0.505 e. The van der Waals surface area contributed by atoms with Crippen LogP contribution in [0.2, 0.25) is 0 Å². The Kier molecular flexibility index (Phi) is 3.18. The number of phenolic OH excluding ortho intramolecular Hbond substituents is 1. The van der Waals surface area contributed by atoms with Crippen molar-refractivity contribution in [2.45, 2.75) is 18.6 Å². The summed E-state index contributed by atoms with van der Waals surface area (Å²) in [5, 5.41) is 8.82. The minimum absolute atomic E-state index is 0.00243. The van der Waals surface area contributed by atoms with Crippen LogP contribution in [0.15, 0.2) is 18.2 Å². The maximum Gasteiger partial charge on any atom is 0.390 e. The van der Waals surface area contributed by atoms with Gasteiger partial charge in [0.2, 0.25) is 0 Å². The van der Waals surface area contributed by atoms with Gasteiger partial charge >= 0.3 is 6.18 Å².